The Morgan fingerprint density at radius 2 is 1.27 bits per heavy atom. The van der Waals surface area contributed by atoms with E-state index in [2.05, 4.69) is 26.1 Å². The second-order valence-corrected chi connectivity index (χ2v) is 7.81. The summed E-state index contributed by atoms with van der Waals surface area (Å²) in [6.07, 6.45) is 17.9. The normalized spacial score (nSPS) is 11.2. The van der Waals surface area contributed by atoms with Crippen LogP contribution in [0, 0.1) is 5.92 Å². The maximum atomic E-state index is 12.0. The first kappa shape index (κ1) is 25.4. The molecule has 3 heteroatoms. The van der Waals surface area contributed by atoms with Gasteiger partial charge in [0.2, 0.25) is 0 Å². The summed E-state index contributed by atoms with van der Waals surface area (Å²) in [6.45, 7) is 9.50. The highest BCUT2D eigenvalue weighted by Gasteiger charge is 2.12. The molecule has 0 amide bonds. The number of hydrogen-bond acceptors (Lipinski definition) is 3. The number of carbonyl (C=O) groups is 1. The molecular formula is C23H47NO2. The summed E-state index contributed by atoms with van der Waals surface area (Å²) in [5.74, 6) is 0.575. The second kappa shape index (κ2) is 20.7. The molecule has 0 fully saturated rings. The van der Waals surface area contributed by atoms with Gasteiger partial charge in [-0.1, -0.05) is 78.6 Å². The van der Waals surface area contributed by atoms with Gasteiger partial charge in [-0.15, -0.1) is 0 Å². The van der Waals surface area contributed by atoms with Gasteiger partial charge in [0.15, 0.2) is 0 Å². The minimum absolute atomic E-state index is 0.00364. The van der Waals surface area contributed by atoms with Crippen LogP contribution in [0.5, 0.6) is 0 Å². The Kier molecular flexibility index (Phi) is 20.3. The van der Waals surface area contributed by atoms with E-state index in [1.165, 1.54) is 77.0 Å². The summed E-state index contributed by atoms with van der Waals surface area (Å²) < 4.78 is 5.58. The van der Waals surface area contributed by atoms with Crippen LogP contribution >= 0.6 is 0 Å². The Labute approximate surface area is 164 Å². The van der Waals surface area contributed by atoms with Gasteiger partial charge in [-0.05, 0) is 51.1 Å². The fraction of sp³-hybridized carbons (Fsp3) is 0.957. The number of rotatable bonds is 20. The van der Waals surface area contributed by atoms with Crippen molar-refractivity contribution in [1.29, 1.82) is 0 Å². The third-order valence-corrected chi connectivity index (χ3v) is 5.10. The van der Waals surface area contributed by atoms with Gasteiger partial charge in [-0.2, -0.15) is 0 Å². The average Bonchev–Trinajstić information content (AvgIpc) is 2.64. The van der Waals surface area contributed by atoms with Crippen molar-refractivity contribution in [3.63, 3.8) is 0 Å². The summed E-state index contributed by atoms with van der Waals surface area (Å²) in [5.41, 5.74) is 0. The monoisotopic (exact) mass is 369 g/mol. The van der Waals surface area contributed by atoms with Crippen molar-refractivity contribution in [1.82, 2.24) is 5.32 Å². The van der Waals surface area contributed by atoms with Crippen molar-refractivity contribution in [3.05, 3.63) is 0 Å². The number of esters is 1. The summed E-state index contributed by atoms with van der Waals surface area (Å²) in [7, 11) is 0. The molecule has 0 unspecified atom stereocenters. The van der Waals surface area contributed by atoms with Gasteiger partial charge >= 0.3 is 5.97 Å². The maximum absolute atomic E-state index is 12.0. The standard InChI is InChI=1S/C23H47NO2/c1-4-7-10-14-19-24-20-15-13-18-23(25)26-21-22(16-11-8-5-2)17-12-9-6-3/h22,24H,4-21H2,1-3H3. The topological polar surface area (TPSA) is 38.3 Å². The summed E-state index contributed by atoms with van der Waals surface area (Å²) in [4.78, 5) is 12.0. The molecular weight excluding hydrogens is 322 g/mol. The first-order valence-corrected chi connectivity index (χ1v) is 11.6. The number of ether oxygens (including phenoxy) is 1. The van der Waals surface area contributed by atoms with Crippen LogP contribution in [0.1, 0.15) is 117 Å². The van der Waals surface area contributed by atoms with Crippen LogP contribution in [0.3, 0.4) is 0 Å². The van der Waals surface area contributed by atoms with E-state index in [0.717, 1.165) is 25.9 Å². The molecule has 0 radical (unpaired) electrons. The Balaban J connectivity index is 3.66. The van der Waals surface area contributed by atoms with Gasteiger partial charge in [0.05, 0.1) is 6.61 Å². The molecule has 0 aromatic heterocycles. The zero-order chi connectivity index (χ0) is 19.3. The fourth-order valence-electron chi connectivity index (χ4n) is 3.28. The molecule has 0 aliphatic carbocycles. The molecule has 0 saturated heterocycles. The Morgan fingerprint density at radius 1 is 0.731 bits per heavy atom. The summed E-state index contributed by atoms with van der Waals surface area (Å²) in [6, 6.07) is 0. The van der Waals surface area contributed by atoms with Crippen LogP contribution in [0.2, 0.25) is 0 Å². The van der Waals surface area contributed by atoms with E-state index in [0.29, 0.717) is 18.9 Å². The minimum atomic E-state index is 0.00364. The molecule has 0 aliphatic rings. The van der Waals surface area contributed by atoms with Crippen LogP contribution in [0.25, 0.3) is 0 Å². The van der Waals surface area contributed by atoms with E-state index in [4.69, 9.17) is 4.74 Å². The van der Waals surface area contributed by atoms with Crippen molar-refractivity contribution in [2.45, 2.75) is 117 Å². The average molecular weight is 370 g/mol. The van der Waals surface area contributed by atoms with Gasteiger partial charge in [0.25, 0.3) is 0 Å². The first-order valence-electron chi connectivity index (χ1n) is 11.6. The highest BCUT2D eigenvalue weighted by Crippen LogP contribution is 2.18. The molecule has 1 N–H and O–H groups in total. The summed E-state index contributed by atoms with van der Waals surface area (Å²) in [5, 5.41) is 3.47. The van der Waals surface area contributed by atoms with E-state index in [9.17, 15) is 4.79 Å². The second-order valence-electron chi connectivity index (χ2n) is 7.81. The van der Waals surface area contributed by atoms with Gasteiger partial charge in [-0.25, -0.2) is 0 Å². The van der Waals surface area contributed by atoms with E-state index in [1.54, 1.807) is 0 Å². The third kappa shape index (κ3) is 18.2. The first-order chi connectivity index (χ1) is 12.7. The third-order valence-electron chi connectivity index (χ3n) is 5.10. The highest BCUT2D eigenvalue weighted by atomic mass is 16.5. The summed E-state index contributed by atoms with van der Waals surface area (Å²) >= 11 is 0. The molecule has 26 heavy (non-hydrogen) atoms. The van der Waals surface area contributed by atoms with E-state index in [1.807, 2.05) is 0 Å². The van der Waals surface area contributed by atoms with Crippen molar-refractivity contribution >= 4 is 5.97 Å². The molecule has 156 valence electrons. The van der Waals surface area contributed by atoms with Gasteiger partial charge < -0.3 is 10.1 Å². The molecule has 3 nitrogen and oxygen atoms in total. The lowest BCUT2D eigenvalue weighted by Crippen LogP contribution is -2.17. The molecule has 0 heterocycles. The zero-order valence-electron chi connectivity index (χ0n) is 18.1. The van der Waals surface area contributed by atoms with Gasteiger partial charge in [-0.3, -0.25) is 4.79 Å². The SMILES string of the molecule is CCCCCCNCCCCC(=O)OCC(CCCCC)CCCCC. The van der Waals surface area contributed by atoms with Crippen molar-refractivity contribution in [2.75, 3.05) is 19.7 Å². The smallest absolute Gasteiger partial charge is 0.305 e. The van der Waals surface area contributed by atoms with Gasteiger partial charge in [0, 0.05) is 6.42 Å². The van der Waals surface area contributed by atoms with Crippen molar-refractivity contribution in [3.8, 4) is 0 Å². The number of carbonyl (C=O) groups excluding carboxylic acids is 1. The lowest BCUT2D eigenvalue weighted by molar-refractivity contribution is -0.145. The van der Waals surface area contributed by atoms with Crippen molar-refractivity contribution < 1.29 is 9.53 Å². The van der Waals surface area contributed by atoms with Gasteiger partial charge in [0.1, 0.15) is 0 Å². The van der Waals surface area contributed by atoms with Crippen LogP contribution < -0.4 is 5.32 Å². The number of nitrogens with one attached hydrogen (secondary N) is 1. The Morgan fingerprint density at radius 3 is 1.85 bits per heavy atom. The molecule has 0 spiro atoms. The van der Waals surface area contributed by atoms with E-state index < -0.39 is 0 Å². The molecule has 0 saturated carbocycles. The lowest BCUT2D eigenvalue weighted by Gasteiger charge is -2.17. The van der Waals surface area contributed by atoms with Crippen LogP contribution in [0.4, 0.5) is 0 Å². The predicted octanol–water partition coefficient (Wildman–Crippen LogP) is 6.65. The Hall–Kier alpha value is -0.570. The zero-order valence-corrected chi connectivity index (χ0v) is 18.1. The van der Waals surface area contributed by atoms with Crippen molar-refractivity contribution in [2.24, 2.45) is 5.92 Å². The maximum Gasteiger partial charge on any atom is 0.305 e. The molecule has 0 bridgehead atoms. The minimum Gasteiger partial charge on any atom is -0.465 e. The number of unbranched alkanes of at least 4 members (excludes halogenated alkanes) is 8. The van der Waals surface area contributed by atoms with Crippen LogP contribution in [0.15, 0.2) is 0 Å². The molecule has 0 atom stereocenters. The van der Waals surface area contributed by atoms with E-state index in [-0.39, 0.29) is 5.97 Å². The Bertz CT molecular complexity index is 284. The fourth-order valence-corrected chi connectivity index (χ4v) is 3.28. The molecule has 0 aliphatic heterocycles. The lowest BCUT2D eigenvalue weighted by atomic mass is 9.96. The van der Waals surface area contributed by atoms with E-state index >= 15 is 0 Å². The molecule has 0 rings (SSSR count). The van der Waals surface area contributed by atoms with Crippen LogP contribution in [-0.4, -0.2) is 25.7 Å². The highest BCUT2D eigenvalue weighted by molar-refractivity contribution is 5.69. The number of hydrogen-bond donors (Lipinski definition) is 1. The largest absolute Gasteiger partial charge is 0.465 e. The predicted molar refractivity (Wildman–Crippen MR) is 114 cm³/mol. The molecule has 0 aromatic rings. The van der Waals surface area contributed by atoms with Crippen LogP contribution in [-0.2, 0) is 9.53 Å². The molecule has 0 aromatic carbocycles. The quantitative estimate of drug-likeness (QED) is 0.193.